The average molecular weight is 336 g/mol. The second kappa shape index (κ2) is 6.45. The molecule has 0 nitrogen and oxygen atoms in total. The third-order valence-corrected chi connectivity index (χ3v) is 5.59. The fraction of sp³-hybridized carbons (Fsp3) is 0.571. The van der Waals surface area contributed by atoms with Gasteiger partial charge in [-0.1, -0.05) is 70.9 Å². The molecule has 1 saturated carbocycles. The molecule has 1 atom stereocenters. The Bertz CT molecular complexity index is 370. The van der Waals surface area contributed by atoms with E-state index in [2.05, 4.69) is 22.0 Å². The van der Waals surface area contributed by atoms with Gasteiger partial charge in [0.2, 0.25) is 0 Å². The molecule has 1 aliphatic rings. The number of benzene rings is 1. The highest BCUT2D eigenvalue weighted by molar-refractivity contribution is 9.09. The molecule has 17 heavy (non-hydrogen) atoms. The second-order valence-electron chi connectivity index (χ2n) is 4.83. The summed E-state index contributed by atoms with van der Waals surface area (Å²) in [6.45, 7) is 0. The molecule has 1 aromatic carbocycles. The van der Waals surface area contributed by atoms with E-state index in [0.717, 1.165) is 5.92 Å². The Morgan fingerprint density at radius 3 is 2.24 bits per heavy atom. The minimum absolute atomic E-state index is 0.412. The van der Waals surface area contributed by atoms with E-state index in [1.54, 1.807) is 0 Å². The van der Waals surface area contributed by atoms with Gasteiger partial charge in [-0.3, -0.25) is 0 Å². The zero-order chi connectivity index (χ0) is 12.3. The van der Waals surface area contributed by atoms with Crippen LogP contribution >= 0.6 is 39.1 Å². The van der Waals surface area contributed by atoms with Crippen molar-refractivity contribution in [2.75, 3.05) is 0 Å². The van der Waals surface area contributed by atoms with Gasteiger partial charge < -0.3 is 0 Å². The normalized spacial score (nSPS) is 19.9. The lowest BCUT2D eigenvalue weighted by molar-refractivity contribution is 0.454. The standard InChI is InChI=1S/C14H17BrCl2/c15-14(10-5-3-1-2-4-6-10)11-7-8-12(16)13(17)9-11/h7-10,14H,1-6H2. The van der Waals surface area contributed by atoms with Crippen molar-refractivity contribution < 1.29 is 0 Å². The van der Waals surface area contributed by atoms with E-state index in [9.17, 15) is 0 Å². The van der Waals surface area contributed by atoms with Gasteiger partial charge in [0.15, 0.2) is 0 Å². The van der Waals surface area contributed by atoms with E-state index >= 15 is 0 Å². The summed E-state index contributed by atoms with van der Waals surface area (Å²) in [5.41, 5.74) is 1.26. The van der Waals surface area contributed by atoms with Crippen LogP contribution in [0, 0.1) is 5.92 Å². The maximum Gasteiger partial charge on any atom is 0.0595 e. The molecule has 1 aliphatic carbocycles. The zero-order valence-electron chi connectivity index (χ0n) is 9.76. The van der Waals surface area contributed by atoms with E-state index in [1.165, 1.54) is 44.1 Å². The summed E-state index contributed by atoms with van der Waals surface area (Å²) in [5.74, 6) is 0.731. The predicted molar refractivity (Wildman–Crippen MR) is 79.3 cm³/mol. The summed E-state index contributed by atoms with van der Waals surface area (Å²) in [6, 6.07) is 5.97. The van der Waals surface area contributed by atoms with Crippen LogP contribution in [0.2, 0.25) is 10.0 Å². The number of rotatable bonds is 2. The Labute approximate surface area is 122 Å². The van der Waals surface area contributed by atoms with E-state index in [1.807, 2.05) is 12.1 Å². The van der Waals surface area contributed by atoms with Gasteiger partial charge in [0.25, 0.3) is 0 Å². The molecule has 0 N–H and O–H groups in total. The van der Waals surface area contributed by atoms with E-state index in [-0.39, 0.29) is 0 Å². The van der Waals surface area contributed by atoms with Crippen LogP contribution in [-0.4, -0.2) is 0 Å². The van der Waals surface area contributed by atoms with E-state index in [4.69, 9.17) is 23.2 Å². The molecule has 94 valence electrons. The largest absolute Gasteiger partial charge is 0.0836 e. The lowest BCUT2D eigenvalue weighted by Gasteiger charge is -2.21. The minimum Gasteiger partial charge on any atom is -0.0836 e. The lowest BCUT2D eigenvalue weighted by atomic mass is 9.92. The van der Waals surface area contributed by atoms with Gasteiger partial charge in [-0.05, 0) is 36.5 Å². The molecule has 0 radical (unpaired) electrons. The monoisotopic (exact) mass is 334 g/mol. The first-order valence-electron chi connectivity index (χ1n) is 6.27. The van der Waals surface area contributed by atoms with E-state index in [0.29, 0.717) is 14.9 Å². The molecule has 3 heteroatoms. The van der Waals surface area contributed by atoms with Crippen LogP contribution in [0.1, 0.15) is 48.9 Å². The molecule has 0 amide bonds. The average Bonchev–Trinajstić information content (AvgIpc) is 2.60. The van der Waals surface area contributed by atoms with Crippen LogP contribution in [0.4, 0.5) is 0 Å². The first kappa shape index (κ1) is 13.7. The Morgan fingerprint density at radius 1 is 1.00 bits per heavy atom. The van der Waals surface area contributed by atoms with Crippen molar-refractivity contribution in [2.45, 2.75) is 43.4 Å². The highest BCUT2D eigenvalue weighted by Gasteiger charge is 2.22. The molecular weight excluding hydrogens is 319 g/mol. The number of halogens is 3. The number of hydrogen-bond acceptors (Lipinski definition) is 0. The first-order valence-corrected chi connectivity index (χ1v) is 7.94. The molecule has 0 spiro atoms. The highest BCUT2D eigenvalue weighted by Crippen LogP contribution is 2.40. The fourth-order valence-corrected chi connectivity index (χ4v) is 3.68. The molecule has 2 rings (SSSR count). The van der Waals surface area contributed by atoms with Crippen LogP contribution < -0.4 is 0 Å². The minimum atomic E-state index is 0.412. The zero-order valence-corrected chi connectivity index (χ0v) is 12.9. The lowest BCUT2D eigenvalue weighted by Crippen LogP contribution is -2.06. The molecule has 1 fully saturated rings. The molecule has 0 aromatic heterocycles. The van der Waals surface area contributed by atoms with Gasteiger partial charge in [0, 0.05) is 4.83 Å². The first-order chi connectivity index (χ1) is 8.18. The smallest absolute Gasteiger partial charge is 0.0595 e. The Kier molecular flexibility index (Phi) is 5.20. The molecule has 0 saturated heterocycles. The van der Waals surface area contributed by atoms with Crippen molar-refractivity contribution in [3.8, 4) is 0 Å². The van der Waals surface area contributed by atoms with Gasteiger partial charge in [-0.2, -0.15) is 0 Å². The summed E-state index contributed by atoms with van der Waals surface area (Å²) in [6.07, 6.45) is 8.11. The second-order valence-corrected chi connectivity index (χ2v) is 6.63. The van der Waals surface area contributed by atoms with Gasteiger partial charge in [0.05, 0.1) is 10.0 Å². The molecule has 0 aliphatic heterocycles. The van der Waals surface area contributed by atoms with Crippen molar-refractivity contribution >= 4 is 39.1 Å². The van der Waals surface area contributed by atoms with Crippen molar-refractivity contribution in [2.24, 2.45) is 5.92 Å². The third-order valence-electron chi connectivity index (χ3n) is 3.58. The van der Waals surface area contributed by atoms with Gasteiger partial charge >= 0.3 is 0 Å². The molecule has 1 unspecified atom stereocenters. The van der Waals surface area contributed by atoms with Crippen LogP contribution in [0.3, 0.4) is 0 Å². The Morgan fingerprint density at radius 2 is 1.65 bits per heavy atom. The predicted octanol–water partition coefficient (Wildman–Crippen LogP) is 6.40. The van der Waals surface area contributed by atoms with Crippen LogP contribution in [-0.2, 0) is 0 Å². The van der Waals surface area contributed by atoms with Crippen LogP contribution in [0.15, 0.2) is 18.2 Å². The highest BCUT2D eigenvalue weighted by atomic mass is 79.9. The van der Waals surface area contributed by atoms with Gasteiger partial charge in [-0.25, -0.2) is 0 Å². The summed E-state index contributed by atoms with van der Waals surface area (Å²) >= 11 is 15.9. The van der Waals surface area contributed by atoms with Crippen molar-refractivity contribution in [1.82, 2.24) is 0 Å². The quantitative estimate of drug-likeness (QED) is 0.433. The van der Waals surface area contributed by atoms with Crippen molar-refractivity contribution in [3.63, 3.8) is 0 Å². The molecule has 1 aromatic rings. The fourth-order valence-electron chi connectivity index (χ4n) is 2.56. The van der Waals surface area contributed by atoms with E-state index < -0.39 is 0 Å². The topological polar surface area (TPSA) is 0 Å². The molecule has 0 bridgehead atoms. The van der Waals surface area contributed by atoms with Gasteiger partial charge in [-0.15, -0.1) is 0 Å². The SMILES string of the molecule is Clc1ccc(C(Br)C2CCCCCC2)cc1Cl. The van der Waals surface area contributed by atoms with Crippen molar-refractivity contribution in [3.05, 3.63) is 33.8 Å². The van der Waals surface area contributed by atoms with Crippen molar-refractivity contribution in [1.29, 1.82) is 0 Å². The summed E-state index contributed by atoms with van der Waals surface area (Å²) < 4.78 is 0. The Balaban J connectivity index is 2.11. The third kappa shape index (κ3) is 3.62. The van der Waals surface area contributed by atoms with Gasteiger partial charge in [0.1, 0.15) is 0 Å². The number of hydrogen-bond donors (Lipinski definition) is 0. The Hall–Kier alpha value is 0.280. The molecular formula is C14H17BrCl2. The maximum atomic E-state index is 6.08. The summed E-state index contributed by atoms with van der Waals surface area (Å²) in [7, 11) is 0. The van der Waals surface area contributed by atoms with Crippen LogP contribution in [0.5, 0.6) is 0 Å². The molecule has 0 heterocycles. The number of alkyl halides is 1. The summed E-state index contributed by atoms with van der Waals surface area (Å²) in [5, 5.41) is 1.29. The maximum absolute atomic E-state index is 6.08. The van der Waals surface area contributed by atoms with Crippen LogP contribution in [0.25, 0.3) is 0 Å². The summed E-state index contributed by atoms with van der Waals surface area (Å²) in [4.78, 5) is 0.412.